The zero-order valence-electron chi connectivity index (χ0n) is 11.6. The van der Waals surface area contributed by atoms with Crippen molar-refractivity contribution >= 4 is 12.0 Å². The summed E-state index contributed by atoms with van der Waals surface area (Å²) >= 11 is 0. The predicted octanol–water partition coefficient (Wildman–Crippen LogP) is 3.01. The molecule has 1 aromatic heterocycles. The number of hydrogen-bond donors (Lipinski definition) is 1. The van der Waals surface area contributed by atoms with Crippen LogP contribution < -0.4 is 5.32 Å². The van der Waals surface area contributed by atoms with Crippen LogP contribution in [0.1, 0.15) is 38.4 Å². The Morgan fingerprint density at radius 1 is 1.37 bits per heavy atom. The first-order chi connectivity index (χ1) is 9.33. The van der Waals surface area contributed by atoms with E-state index >= 15 is 0 Å². The lowest BCUT2D eigenvalue weighted by Crippen LogP contribution is -2.15. The zero-order valence-corrected chi connectivity index (χ0v) is 11.6. The van der Waals surface area contributed by atoms with Crippen molar-refractivity contribution in [2.45, 2.75) is 32.6 Å². The Labute approximate surface area is 114 Å². The van der Waals surface area contributed by atoms with E-state index in [1.54, 1.807) is 24.5 Å². The molecule has 1 heterocycles. The van der Waals surface area contributed by atoms with E-state index in [2.05, 4.69) is 12.2 Å². The number of esters is 1. The highest BCUT2D eigenvalue weighted by molar-refractivity contribution is 5.86. The first kappa shape index (κ1) is 15.5. The van der Waals surface area contributed by atoms with Gasteiger partial charge in [-0.15, -0.1) is 0 Å². The molecule has 0 aliphatic heterocycles. The van der Waals surface area contributed by atoms with E-state index < -0.39 is 0 Å². The Morgan fingerprint density at radius 2 is 2.26 bits per heavy atom. The van der Waals surface area contributed by atoms with Crippen LogP contribution >= 0.6 is 0 Å². The number of hydrogen-bond acceptors (Lipinski definition) is 4. The maximum atomic E-state index is 11.3. The van der Waals surface area contributed by atoms with Crippen LogP contribution in [0.2, 0.25) is 0 Å². The van der Waals surface area contributed by atoms with Gasteiger partial charge in [-0.25, -0.2) is 4.79 Å². The Kier molecular flexibility index (Phi) is 8.47. The summed E-state index contributed by atoms with van der Waals surface area (Å²) in [6.07, 6.45) is 8.84. The molecule has 1 rings (SSSR count). The molecular weight excluding hydrogens is 242 g/mol. The van der Waals surface area contributed by atoms with E-state index in [0.29, 0.717) is 12.4 Å². The molecular formula is C15H23NO3. The van der Waals surface area contributed by atoms with Crippen LogP contribution in [0, 0.1) is 0 Å². The minimum atomic E-state index is -0.319. The number of carbonyl (C=O) groups excluding carboxylic acids is 1. The Bertz CT molecular complexity index is 357. The van der Waals surface area contributed by atoms with Gasteiger partial charge in [0, 0.05) is 6.08 Å². The third-order valence-corrected chi connectivity index (χ3v) is 2.60. The topological polar surface area (TPSA) is 51.5 Å². The van der Waals surface area contributed by atoms with Gasteiger partial charge in [-0.1, -0.05) is 6.92 Å². The van der Waals surface area contributed by atoms with Gasteiger partial charge >= 0.3 is 5.97 Å². The van der Waals surface area contributed by atoms with Gasteiger partial charge in [0.25, 0.3) is 0 Å². The fraction of sp³-hybridized carbons (Fsp3) is 0.533. The molecule has 0 saturated carbocycles. The minimum absolute atomic E-state index is 0.319. The van der Waals surface area contributed by atoms with Gasteiger partial charge in [0.15, 0.2) is 0 Å². The SMILES string of the molecule is CCCNCCCCCOC(=O)/C=C/c1ccco1. The maximum Gasteiger partial charge on any atom is 0.330 e. The number of ether oxygens (including phenoxy) is 1. The lowest BCUT2D eigenvalue weighted by molar-refractivity contribution is -0.137. The van der Waals surface area contributed by atoms with Gasteiger partial charge in [-0.05, 0) is 57.0 Å². The van der Waals surface area contributed by atoms with Gasteiger partial charge in [0.2, 0.25) is 0 Å². The molecule has 0 fully saturated rings. The molecule has 0 unspecified atom stereocenters. The molecule has 0 aliphatic rings. The molecule has 0 saturated heterocycles. The number of carbonyl (C=O) groups is 1. The van der Waals surface area contributed by atoms with E-state index in [1.807, 2.05) is 0 Å². The second-order valence-electron chi connectivity index (χ2n) is 4.33. The standard InChI is InChI=1S/C15H23NO3/c1-2-10-16-11-4-3-5-12-19-15(17)9-8-14-7-6-13-18-14/h6-9,13,16H,2-5,10-12H2,1H3/b9-8+. The van der Waals surface area contributed by atoms with Crippen molar-refractivity contribution < 1.29 is 13.9 Å². The number of nitrogens with one attached hydrogen (secondary N) is 1. The van der Waals surface area contributed by atoms with Crippen molar-refractivity contribution in [2.75, 3.05) is 19.7 Å². The summed E-state index contributed by atoms with van der Waals surface area (Å²) in [6, 6.07) is 3.56. The van der Waals surface area contributed by atoms with Crippen molar-refractivity contribution in [3.63, 3.8) is 0 Å². The fourth-order valence-corrected chi connectivity index (χ4v) is 1.59. The van der Waals surface area contributed by atoms with Crippen LogP contribution in [-0.4, -0.2) is 25.7 Å². The van der Waals surface area contributed by atoms with Gasteiger partial charge in [-0.2, -0.15) is 0 Å². The highest BCUT2D eigenvalue weighted by Crippen LogP contribution is 2.02. The summed E-state index contributed by atoms with van der Waals surface area (Å²) in [5.41, 5.74) is 0. The smallest absolute Gasteiger partial charge is 0.330 e. The van der Waals surface area contributed by atoms with Crippen molar-refractivity contribution in [1.82, 2.24) is 5.32 Å². The van der Waals surface area contributed by atoms with Gasteiger partial charge in [0.1, 0.15) is 5.76 Å². The molecule has 0 radical (unpaired) electrons. The van der Waals surface area contributed by atoms with Crippen molar-refractivity contribution in [3.8, 4) is 0 Å². The lowest BCUT2D eigenvalue weighted by Gasteiger charge is -2.03. The Morgan fingerprint density at radius 3 is 3.00 bits per heavy atom. The molecule has 4 nitrogen and oxygen atoms in total. The first-order valence-corrected chi connectivity index (χ1v) is 6.92. The largest absolute Gasteiger partial charge is 0.465 e. The third-order valence-electron chi connectivity index (χ3n) is 2.60. The average Bonchev–Trinajstić information content (AvgIpc) is 2.93. The molecule has 0 spiro atoms. The Balaban J connectivity index is 1.96. The zero-order chi connectivity index (χ0) is 13.8. The summed E-state index contributed by atoms with van der Waals surface area (Å²) in [7, 11) is 0. The normalized spacial score (nSPS) is 11.0. The highest BCUT2D eigenvalue weighted by Gasteiger charge is 1.97. The summed E-state index contributed by atoms with van der Waals surface area (Å²) < 4.78 is 10.2. The molecule has 1 aromatic rings. The van der Waals surface area contributed by atoms with Crippen LogP contribution in [0.15, 0.2) is 28.9 Å². The number of rotatable bonds is 10. The van der Waals surface area contributed by atoms with E-state index in [0.717, 1.165) is 32.4 Å². The van der Waals surface area contributed by atoms with E-state index in [-0.39, 0.29) is 5.97 Å². The van der Waals surface area contributed by atoms with Gasteiger partial charge in [0.05, 0.1) is 12.9 Å². The van der Waals surface area contributed by atoms with Gasteiger partial charge < -0.3 is 14.5 Å². The Hall–Kier alpha value is -1.55. The summed E-state index contributed by atoms with van der Waals surface area (Å²) in [5, 5.41) is 3.34. The second kappa shape index (κ2) is 10.4. The second-order valence-corrected chi connectivity index (χ2v) is 4.33. The molecule has 0 aromatic carbocycles. The number of furan rings is 1. The van der Waals surface area contributed by atoms with Crippen LogP contribution in [0.3, 0.4) is 0 Å². The maximum absolute atomic E-state index is 11.3. The van der Waals surface area contributed by atoms with E-state index in [1.165, 1.54) is 12.5 Å². The van der Waals surface area contributed by atoms with Crippen molar-refractivity contribution in [3.05, 3.63) is 30.2 Å². The molecule has 0 aliphatic carbocycles. The number of unbranched alkanes of at least 4 members (excludes halogenated alkanes) is 2. The minimum Gasteiger partial charge on any atom is -0.465 e. The quantitative estimate of drug-likeness (QED) is 0.401. The molecule has 0 bridgehead atoms. The third kappa shape index (κ3) is 8.21. The summed E-state index contributed by atoms with van der Waals surface area (Å²) in [4.78, 5) is 11.3. The molecule has 0 amide bonds. The van der Waals surface area contributed by atoms with Crippen LogP contribution in [0.4, 0.5) is 0 Å². The highest BCUT2D eigenvalue weighted by atomic mass is 16.5. The van der Waals surface area contributed by atoms with Crippen LogP contribution in [0.5, 0.6) is 0 Å². The van der Waals surface area contributed by atoms with E-state index in [9.17, 15) is 4.79 Å². The lowest BCUT2D eigenvalue weighted by atomic mass is 10.2. The summed E-state index contributed by atoms with van der Waals surface area (Å²) in [6.45, 7) is 4.75. The fourth-order valence-electron chi connectivity index (χ4n) is 1.59. The molecule has 4 heteroatoms. The predicted molar refractivity (Wildman–Crippen MR) is 75.7 cm³/mol. The molecule has 19 heavy (non-hydrogen) atoms. The molecule has 1 N–H and O–H groups in total. The first-order valence-electron chi connectivity index (χ1n) is 6.92. The molecule has 106 valence electrons. The summed E-state index contributed by atoms with van der Waals surface area (Å²) in [5.74, 6) is 0.333. The van der Waals surface area contributed by atoms with E-state index in [4.69, 9.17) is 9.15 Å². The van der Waals surface area contributed by atoms with Crippen LogP contribution in [-0.2, 0) is 9.53 Å². The average molecular weight is 265 g/mol. The monoisotopic (exact) mass is 265 g/mol. The van der Waals surface area contributed by atoms with Crippen molar-refractivity contribution in [1.29, 1.82) is 0 Å². The van der Waals surface area contributed by atoms with Crippen molar-refractivity contribution in [2.24, 2.45) is 0 Å². The van der Waals surface area contributed by atoms with Gasteiger partial charge in [-0.3, -0.25) is 0 Å². The molecule has 0 atom stereocenters. The van der Waals surface area contributed by atoms with Crippen LogP contribution in [0.25, 0.3) is 6.08 Å².